The van der Waals surface area contributed by atoms with E-state index in [-0.39, 0.29) is 23.6 Å². The van der Waals surface area contributed by atoms with Gasteiger partial charge in [0, 0.05) is 10.1 Å². The van der Waals surface area contributed by atoms with E-state index in [0.29, 0.717) is 16.0 Å². The number of carbonyl (C=O) groups is 2. The van der Waals surface area contributed by atoms with Gasteiger partial charge >= 0.3 is 0 Å². The summed E-state index contributed by atoms with van der Waals surface area (Å²) in [5.41, 5.74) is 1.54. The van der Waals surface area contributed by atoms with Crippen LogP contribution >= 0.6 is 0 Å². The van der Waals surface area contributed by atoms with Crippen LogP contribution in [0.5, 0.6) is 0 Å². The highest BCUT2D eigenvalue weighted by Gasteiger charge is 2.34. The van der Waals surface area contributed by atoms with Gasteiger partial charge in [-0.3, -0.25) is 14.5 Å². The minimum atomic E-state index is -2.83. The van der Waals surface area contributed by atoms with E-state index in [2.05, 4.69) is 4.36 Å². The molecule has 0 radical (unpaired) electrons. The van der Waals surface area contributed by atoms with Crippen LogP contribution in [0.15, 0.2) is 57.8 Å². The van der Waals surface area contributed by atoms with Gasteiger partial charge in [-0.15, -0.1) is 4.36 Å². The number of nitriles is 1. The van der Waals surface area contributed by atoms with Crippen molar-refractivity contribution in [2.45, 2.75) is 30.5 Å². The van der Waals surface area contributed by atoms with Gasteiger partial charge in [-0.1, -0.05) is 24.3 Å². The first-order valence-corrected chi connectivity index (χ1v) is 9.64. The Bertz CT molecular complexity index is 1010. The molecule has 7 heteroatoms. The lowest BCUT2D eigenvalue weighted by Crippen LogP contribution is -2.29. The fraction of sp³-hybridized carbons (Fsp3) is 0.211. The zero-order chi connectivity index (χ0) is 18.9. The Balaban J connectivity index is 1.87. The maximum Gasteiger partial charge on any atom is 0.261 e. The van der Waals surface area contributed by atoms with E-state index in [1.54, 1.807) is 68.6 Å². The molecule has 132 valence electrons. The summed E-state index contributed by atoms with van der Waals surface area (Å²) in [6, 6.07) is 13.4. The van der Waals surface area contributed by atoms with Gasteiger partial charge in [-0.05, 0) is 43.7 Å². The van der Waals surface area contributed by atoms with Crippen LogP contribution in [0.1, 0.15) is 40.1 Å². The Morgan fingerprint density at radius 2 is 1.58 bits per heavy atom. The van der Waals surface area contributed by atoms with Gasteiger partial charge in [0.05, 0.1) is 27.4 Å². The smallest absolute Gasteiger partial charge is 0.261 e. The minimum Gasteiger partial charge on any atom is -0.270 e. The van der Waals surface area contributed by atoms with Gasteiger partial charge in [0.1, 0.15) is 0 Å². The Labute approximate surface area is 152 Å². The summed E-state index contributed by atoms with van der Waals surface area (Å²) in [6.07, 6.45) is 1.64. The average molecular weight is 367 g/mol. The molecule has 1 atom stereocenters. The molecule has 2 amide bonds. The molecule has 0 fully saturated rings. The summed E-state index contributed by atoms with van der Waals surface area (Å²) in [5.74, 6) is -0.639. The highest BCUT2D eigenvalue weighted by Crippen LogP contribution is 2.25. The second-order valence-corrected chi connectivity index (χ2v) is 8.93. The van der Waals surface area contributed by atoms with Gasteiger partial charge in [0.25, 0.3) is 11.8 Å². The van der Waals surface area contributed by atoms with Crippen LogP contribution in [0.3, 0.4) is 0 Å². The first-order chi connectivity index (χ1) is 12.4. The molecule has 0 bridgehead atoms. The van der Waals surface area contributed by atoms with Crippen molar-refractivity contribution in [2.24, 2.45) is 4.36 Å². The predicted molar refractivity (Wildman–Crippen MR) is 96.7 cm³/mol. The number of carbonyl (C=O) groups excluding carboxylic acids is 2. The van der Waals surface area contributed by atoms with E-state index in [0.717, 1.165) is 5.56 Å². The molecule has 0 spiro atoms. The van der Waals surface area contributed by atoms with Gasteiger partial charge in [-0.2, -0.15) is 5.26 Å². The predicted octanol–water partition coefficient (Wildman–Crippen LogP) is 3.20. The van der Waals surface area contributed by atoms with Crippen LogP contribution in [0.25, 0.3) is 0 Å². The number of nitrogens with zero attached hydrogens (tertiary/aromatic N) is 3. The zero-order valence-corrected chi connectivity index (χ0v) is 15.2. The maximum atomic E-state index is 12.9. The van der Waals surface area contributed by atoms with Crippen molar-refractivity contribution >= 4 is 21.5 Å². The fourth-order valence-corrected chi connectivity index (χ4v) is 4.35. The standard InChI is InChI=1S/C19H17N3O3S/c1-13(2)26(25,21-12-20)15-9-7-14(8-10-15)11-22-18(23)16-5-3-4-6-17(16)19(22)24/h3-10,13H,11H2,1-2H3. The van der Waals surface area contributed by atoms with E-state index in [9.17, 15) is 13.8 Å². The SMILES string of the molecule is CC(C)S(=O)(=NC#N)c1ccc(CN2C(=O)c3ccccc3C2=O)cc1. The molecule has 26 heavy (non-hydrogen) atoms. The molecule has 0 aliphatic carbocycles. The number of benzene rings is 2. The molecule has 3 rings (SSSR count). The number of fused-ring (bicyclic) bond motifs is 1. The van der Waals surface area contributed by atoms with Crippen molar-refractivity contribution in [2.75, 3.05) is 0 Å². The van der Waals surface area contributed by atoms with Crippen molar-refractivity contribution < 1.29 is 13.8 Å². The average Bonchev–Trinajstić information content (AvgIpc) is 2.87. The third-order valence-electron chi connectivity index (χ3n) is 4.30. The van der Waals surface area contributed by atoms with E-state index < -0.39 is 9.73 Å². The Kier molecular flexibility index (Phi) is 4.62. The zero-order valence-electron chi connectivity index (χ0n) is 14.4. The lowest BCUT2D eigenvalue weighted by Gasteiger charge is -2.15. The van der Waals surface area contributed by atoms with Crippen LogP contribution < -0.4 is 0 Å². The summed E-state index contributed by atoms with van der Waals surface area (Å²) >= 11 is 0. The minimum absolute atomic E-state index is 0.130. The molecule has 1 aliphatic heterocycles. The molecule has 1 heterocycles. The van der Waals surface area contributed by atoms with Crippen molar-refractivity contribution in [1.82, 2.24) is 4.90 Å². The van der Waals surface area contributed by atoms with Crippen molar-refractivity contribution in [3.8, 4) is 6.19 Å². The van der Waals surface area contributed by atoms with Crippen molar-refractivity contribution in [1.29, 1.82) is 5.26 Å². The molecular weight excluding hydrogens is 350 g/mol. The number of hydrogen-bond acceptors (Lipinski definition) is 5. The maximum absolute atomic E-state index is 12.9. The first-order valence-electron chi connectivity index (χ1n) is 8.06. The van der Waals surface area contributed by atoms with Crippen LogP contribution in [-0.4, -0.2) is 26.2 Å². The molecule has 1 aliphatic rings. The Morgan fingerprint density at radius 1 is 1.04 bits per heavy atom. The third-order valence-corrected chi connectivity index (χ3v) is 6.87. The first kappa shape index (κ1) is 17.8. The Morgan fingerprint density at radius 3 is 2.04 bits per heavy atom. The summed E-state index contributed by atoms with van der Waals surface area (Å²) in [5, 5.41) is 8.51. The number of rotatable bonds is 4. The van der Waals surface area contributed by atoms with E-state index in [4.69, 9.17) is 5.26 Å². The summed E-state index contributed by atoms with van der Waals surface area (Å²) < 4.78 is 16.5. The molecular formula is C19H17N3O3S. The molecule has 0 saturated heterocycles. The largest absolute Gasteiger partial charge is 0.270 e. The topological polar surface area (TPSA) is 90.6 Å². The number of imide groups is 1. The van der Waals surface area contributed by atoms with Crippen LogP contribution in [0.2, 0.25) is 0 Å². The van der Waals surface area contributed by atoms with E-state index in [1.807, 2.05) is 0 Å². The fourth-order valence-electron chi connectivity index (χ4n) is 2.85. The summed E-state index contributed by atoms with van der Waals surface area (Å²) in [7, 11) is -2.83. The van der Waals surface area contributed by atoms with Crippen LogP contribution in [-0.2, 0) is 16.3 Å². The monoisotopic (exact) mass is 367 g/mol. The highest BCUT2D eigenvalue weighted by atomic mass is 32.2. The van der Waals surface area contributed by atoms with Gasteiger partial charge in [0.15, 0.2) is 0 Å². The van der Waals surface area contributed by atoms with Crippen LogP contribution in [0.4, 0.5) is 0 Å². The van der Waals surface area contributed by atoms with Crippen molar-refractivity contribution in [3.63, 3.8) is 0 Å². The molecule has 0 aromatic heterocycles. The number of hydrogen-bond donors (Lipinski definition) is 0. The normalized spacial score (nSPS) is 15.5. The highest BCUT2D eigenvalue weighted by molar-refractivity contribution is 7.94. The van der Waals surface area contributed by atoms with E-state index >= 15 is 0 Å². The molecule has 0 saturated carbocycles. The van der Waals surface area contributed by atoms with Gasteiger partial charge in [-0.25, -0.2) is 4.21 Å². The molecule has 0 N–H and O–H groups in total. The molecule has 2 aromatic carbocycles. The third kappa shape index (κ3) is 2.89. The summed E-state index contributed by atoms with van der Waals surface area (Å²) in [6.45, 7) is 3.62. The van der Waals surface area contributed by atoms with E-state index in [1.165, 1.54) is 4.90 Å². The quantitative estimate of drug-likeness (QED) is 0.613. The second kappa shape index (κ2) is 6.73. The van der Waals surface area contributed by atoms with Crippen molar-refractivity contribution in [3.05, 3.63) is 65.2 Å². The van der Waals surface area contributed by atoms with Gasteiger partial charge < -0.3 is 0 Å². The van der Waals surface area contributed by atoms with Crippen LogP contribution in [0, 0.1) is 11.5 Å². The molecule has 1 unspecified atom stereocenters. The number of amides is 2. The van der Waals surface area contributed by atoms with Gasteiger partial charge in [0.2, 0.25) is 6.19 Å². The summed E-state index contributed by atoms with van der Waals surface area (Å²) in [4.78, 5) is 26.5. The second-order valence-electron chi connectivity index (χ2n) is 6.19. The lowest BCUT2D eigenvalue weighted by atomic mass is 10.1. The Hall–Kier alpha value is -2.98. The molecule has 2 aromatic rings. The molecule has 6 nitrogen and oxygen atoms in total. The lowest BCUT2D eigenvalue weighted by molar-refractivity contribution is 0.0642.